The first-order valence-electron chi connectivity index (χ1n) is 6.39. The minimum atomic E-state index is -0.630. The Kier molecular flexibility index (Phi) is 6.24. The van der Waals surface area contributed by atoms with Crippen LogP contribution in [-0.2, 0) is 0 Å². The van der Waals surface area contributed by atoms with Crippen LogP contribution in [0.3, 0.4) is 0 Å². The average molecular weight is 231 g/mol. The van der Waals surface area contributed by atoms with Crippen molar-refractivity contribution in [1.29, 1.82) is 0 Å². The van der Waals surface area contributed by atoms with Crippen LogP contribution in [0.4, 0.5) is 4.39 Å². The van der Waals surface area contributed by atoms with E-state index in [0.29, 0.717) is 25.0 Å². The van der Waals surface area contributed by atoms with Gasteiger partial charge in [-0.1, -0.05) is 0 Å². The van der Waals surface area contributed by atoms with E-state index < -0.39 is 6.17 Å². The molecule has 0 amide bonds. The van der Waals surface area contributed by atoms with Crippen LogP contribution in [0, 0.1) is 0 Å². The second-order valence-electron chi connectivity index (χ2n) is 4.96. The molecule has 1 rings (SSSR count). The van der Waals surface area contributed by atoms with Crippen molar-refractivity contribution in [2.24, 2.45) is 0 Å². The van der Waals surface area contributed by atoms with Gasteiger partial charge in [0.1, 0.15) is 6.17 Å². The van der Waals surface area contributed by atoms with Crippen LogP contribution in [0.5, 0.6) is 0 Å². The van der Waals surface area contributed by atoms with Crippen molar-refractivity contribution in [3.05, 3.63) is 0 Å². The van der Waals surface area contributed by atoms with Crippen molar-refractivity contribution in [3.63, 3.8) is 0 Å². The summed E-state index contributed by atoms with van der Waals surface area (Å²) < 4.78 is 13.0. The average Bonchev–Trinajstić information content (AvgIpc) is 2.64. The largest absolute Gasteiger partial charge is 0.318 e. The molecule has 96 valence electrons. The molecule has 0 aliphatic carbocycles. The van der Waals surface area contributed by atoms with E-state index in [1.54, 1.807) is 0 Å². The molecule has 0 radical (unpaired) electrons. The monoisotopic (exact) mass is 231 g/mol. The third kappa shape index (κ3) is 4.76. The maximum atomic E-state index is 13.0. The number of nitrogens with zero attached hydrogens (tertiary/aromatic N) is 1. The second-order valence-corrected chi connectivity index (χ2v) is 4.96. The third-order valence-corrected chi connectivity index (χ3v) is 3.31. The van der Waals surface area contributed by atoms with Crippen LogP contribution in [0.2, 0.25) is 0 Å². The van der Waals surface area contributed by atoms with E-state index in [1.807, 2.05) is 7.05 Å². The van der Waals surface area contributed by atoms with Crippen LogP contribution >= 0.6 is 0 Å². The summed E-state index contributed by atoms with van der Waals surface area (Å²) >= 11 is 0. The Labute approximate surface area is 98.8 Å². The number of alkyl halides is 1. The van der Waals surface area contributed by atoms with E-state index in [2.05, 4.69) is 29.4 Å². The zero-order valence-electron chi connectivity index (χ0n) is 10.8. The summed E-state index contributed by atoms with van der Waals surface area (Å²) in [6.45, 7) is 8.12. The van der Waals surface area contributed by atoms with Crippen molar-refractivity contribution < 1.29 is 4.39 Å². The fraction of sp³-hybridized carbons (Fsp3) is 1.00. The Bertz CT molecular complexity index is 187. The number of hydrogen-bond acceptors (Lipinski definition) is 3. The lowest BCUT2D eigenvalue weighted by molar-refractivity contribution is 0.212. The lowest BCUT2D eigenvalue weighted by Gasteiger charge is -2.27. The van der Waals surface area contributed by atoms with Gasteiger partial charge in [0.05, 0.1) is 0 Å². The molecule has 16 heavy (non-hydrogen) atoms. The van der Waals surface area contributed by atoms with Gasteiger partial charge in [-0.3, -0.25) is 4.90 Å². The molecule has 0 bridgehead atoms. The van der Waals surface area contributed by atoms with Crippen LogP contribution in [-0.4, -0.2) is 56.4 Å². The predicted octanol–water partition coefficient (Wildman–Crippen LogP) is 1.01. The van der Waals surface area contributed by atoms with E-state index in [-0.39, 0.29) is 0 Å². The Morgan fingerprint density at radius 2 is 2.19 bits per heavy atom. The number of hydrogen-bond donors (Lipinski definition) is 2. The molecular weight excluding hydrogens is 205 g/mol. The van der Waals surface area contributed by atoms with Crippen molar-refractivity contribution in [2.75, 3.05) is 33.2 Å². The first-order valence-corrected chi connectivity index (χ1v) is 6.39. The second kappa shape index (κ2) is 7.20. The molecule has 3 nitrogen and oxygen atoms in total. The quantitative estimate of drug-likeness (QED) is 0.685. The van der Waals surface area contributed by atoms with Gasteiger partial charge in [0.2, 0.25) is 0 Å². The summed E-state index contributed by atoms with van der Waals surface area (Å²) in [6, 6.07) is 0.946. The third-order valence-electron chi connectivity index (χ3n) is 3.31. The van der Waals surface area contributed by atoms with Crippen LogP contribution in [0.25, 0.3) is 0 Å². The van der Waals surface area contributed by atoms with E-state index in [0.717, 1.165) is 26.1 Å². The summed E-state index contributed by atoms with van der Waals surface area (Å²) in [7, 11) is 1.98. The molecule has 0 spiro atoms. The van der Waals surface area contributed by atoms with Crippen LogP contribution < -0.4 is 10.6 Å². The molecule has 1 heterocycles. The van der Waals surface area contributed by atoms with Gasteiger partial charge >= 0.3 is 0 Å². The summed E-state index contributed by atoms with van der Waals surface area (Å²) in [6.07, 6.45) is 1.12. The molecule has 0 aromatic heterocycles. The van der Waals surface area contributed by atoms with Gasteiger partial charge in [-0.2, -0.15) is 0 Å². The molecule has 1 aliphatic rings. The predicted molar refractivity (Wildman–Crippen MR) is 66.6 cm³/mol. The zero-order chi connectivity index (χ0) is 12.0. The van der Waals surface area contributed by atoms with E-state index in [4.69, 9.17) is 0 Å². The van der Waals surface area contributed by atoms with Crippen molar-refractivity contribution in [1.82, 2.24) is 15.5 Å². The van der Waals surface area contributed by atoms with Gasteiger partial charge in [0.25, 0.3) is 0 Å². The standard InChI is InChI=1S/C12H26FN3/c1-10(2)16(7-5-14-3)6-4-12-8-11(13)9-15-12/h10-12,14-15H,4-9H2,1-3H3. The molecule has 2 atom stereocenters. The van der Waals surface area contributed by atoms with E-state index >= 15 is 0 Å². The summed E-state index contributed by atoms with van der Waals surface area (Å²) in [5, 5.41) is 6.41. The maximum Gasteiger partial charge on any atom is 0.114 e. The smallest absolute Gasteiger partial charge is 0.114 e. The highest BCUT2D eigenvalue weighted by Gasteiger charge is 2.23. The highest BCUT2D eigenvalue weighted by molar-refractivity contribution is 4.82. The zero-order valence-corrected chi connectivity index (χ0v) is 10.8. The Hall–Kier alpha value is -0.190. The van der Waals surface area contributed by atoms with Crippen LogP contribution in [0.1, 0.15) is 26.7 Å². The highest BCUT2D eigenvalue weighted by atomic mass is 19.1. The fourth-order valence-corrected chi connectivity index (χ4v) is 2.20. The molecule has 1 fully saturated rings. The number of rotatable bonds is 7. The number of halogens is 1. The number of nitrogens with one attached hydrogen (secondary N) is 2. The first kappa shape index (κ1) is 13.9. The van der Waals surface area contributed by atoms with Gasteiger partial charge in [-0.05, 0) is 40.3 Å². The fourth-order valence-electron chi connectivity index (χ4n) is 2.20. The lowest BCUT2D eigenvalue weighted by atomic mass is 10.1. The van der Waals surface area contributed by atoms with Gasteiger partial charge in [0.15, 0.2) is 0 Å². The topological polar surface area (TPSA) is 27.3 Å². The minimum Gasteiger partial charge on any atom is -0.318 e. The van der Waals surface area contributed by atoms with Gasteiger partial charge in [-0.15, -0.1) is 0 Å². The molecular formula is C12H26FN3. The van der Waals surface area contributed by atoms with Gasteiger partial charge < -0.3 is 10.6 Å². The molecule has 0 aromatic rings. The van der Waals surface area contributed by atoms with Crippen molar-refractivity contribution >= 4 is 0 Å². The molecule has 0 aromatic carbocycles. The molecule has 1 saturated heterocycles. The van der Waals surface area contributed by atoms with Crippen LogP contribution in [0.15, 0.2) is 0 Å². The van der Waals surface area contributed by atoms with Crippen molar-refractivity contribution in [2.45, 2.75) is 44.9 Å². The van der Waals surface area contributed by atoms with E-state index in [9.17, 15) is 4.39 Å². The SMILES string of the molecule is CNCCN(CCC1CC(F)CN1)C(C)C. The van der Waals surface area contributed by atoms with Gasteiger partial charge in [0, 0.05) is 31.7 Å². The Morgan fingerprint density at radius 3 is 2.69 bits per heavy atom. The van der Waals surface area contributed by atoms with Gasteiger partial charge in [-0.25, -0.2) is 4.39 Å². The molecule has 0 saturated carbocycles. The summed E-state index contributed by atoms with van der Waals surface area (Å²) in [5.74, 6) is 0. The van der Waals surface area contributed by atoms with Crippen molar-refractivity contribution in [3.8, 4) is 0 Å². The summed E-state index contributed by atoms with van der Waals surface area (Å²) in [4.78, 5) is 2.45. The first-order chi connectivity index (χ1) is 7.63. The van der Waals surface area contributed by atoms with E-state index in [1.165, 1.54) is 0 Å². The normalized spacial score (nSPS) is 25.9. The molecule has 2 unspecified atom stereocenters. The summed E-state index contributed by atoms with van der Waals surface area (Å²) in [5.41, 5.74) is 0. The molecule has 2 N–H and O–H groups in total. The molecule has 1 aliphatic heterocycles. The Balaban J connectivity index is 2.21. The number of likely N-dealkylation sites (N-methyl/N-ethyl adjacent to an activating group) is 1. The minimum absolute atomic E-state index is 0.380. The molecule has 4 heteroatoms. The maximum absolute atomic E-state index is 13.0. The highest BCUT2D eigenvalue weighted by Crippen LogP contribution is 2.13. The lowest BCUT2D eigenvalue weighted by Crippen LogP contribution is -2.39. The Morgan fingerprint density at radius 1 is 1.44 bits per heavy atom.